The van der Waals surface area contributed by atoms with E-state index in [9.17, 15) is 10.1 Å². The first-order valence-corrected chi connectivity index (χ1v) is 9.82. The molecule has 1 aliphatic carbocycles. The van der Waals surface area contributed by atoms with Gasteiger partial charge in [-0.15, -0.1) is 0 Å². The predicted octanol–water partition coefficient (Wildman–Crippen LogP) is 2.46. The molecule has 0 unspecified atom stereocenters. The van der Waals surface area contributed by atoms with Crippen LogP contribution in [-0.4, -0.2) is 54.0 Å². The number of nitriles is 1. The third kappa shape index (κ3) is 4.84. The molecule has 1 amide bonds. The van der Waals surface area contributed by atoms with E-state index < -0.39 is 5.54 Å². The van der Waals surface area contributed by atoms with Crippen LogP contribution in [0.15, 0.2) is 24.3 Å². The van der Waals surface area contributed by atoms with Gasteiger partial charge in [-0.05, 0) is 30.9 Å². The Balaban J connectivity index is 1.44. The van der Waals surface area contributed by atoms with Gasteiger partial charge in [-0.1, -0.05) is 43.5 Å². The van der Waals surface area contributed by atoms with E-state index in [0.29, 0.717) is 6.54 Å². The first kappa shape index (κ1) is 18.9. The maximum Gasteiger partial charge on any atom is 0.235 e. The molecular formula is C21H30N4O. The van der Waals surface area contributed by atoms with Crippen molar-refractivity contribution in [3.8, 4) is 6.07 Å². The Morgan fingerprint density at radius 2 is 1.77 bits per heavy atom. The topological polar surface area (TPSA) is 59.4 Å². The Kier molecular flexibility index (Phi) is 6.29. The first-order chi connectivity index (χ1) is 12.6. The number of hydrogen-bond donors (Lipinski definition) is 1. The zero-order chi connectivity index (χ0) is 18.4. The van der Waals surface area contributed by atoms with Crippen LogP contribution in [0.25, 0.3) is 0 Å². The SMILES string of the molecule is Cc1ccccc1CN1CCN(CC(=O)NC2(C#N)CCCCC2)CC1. The molecule has 1 saturated heterocycles. The van der Waals surface area contributed by atoms with E-state index in [-0.39, 0.29) is 5.91 Å². The molecule has 2 aliphatic rings. The predicted molar refractivity (Wildman–Crippen MR) is 102 cm³/mol. The molecule has 1 saturated carbocycles. The smallest absolute Gasteiger partial charge is 0.235 e. The van der Waals surface area contributed by atoms with Gasteiger partial charge in [0.1, 0.15) is 5.54 Å². The highest BCUT2D eigenvalue weighted by molar-refractivity contribution is 5.79. The summed E-state index contributed by atoms with van der Waals surface area (Å²) in [7, 11) is 0. The molecule has 1 aromatic rings. The lowest BCUT2D eigenvalue weighted by Gasteiger charge is -2.36. The Morgan fingerprint density at radius 3 is 2.42 bits per heavy atom. The van der Waals surface area contributed by atoms with E-state index in [1.165, 1.54) is 17.5 Å². The molecule has 0 bridgehead atoms. The van der Waals surface area contributed by atoms with Gasteiger partial charge >= 0.3 is 0 Å². The third-order valence-electron chi connectivity index (χ3n) is 5.79. The minimum Gasteiger partial charge on any atom is -0.337 e. The maximum atomic E-state index is 12.4. The molecule has 26 heavy (non-hydrogen) atoms. The number of hydrogen-bond acceptors (Lipinski definition) is 4. The van der Waals surface area contributed by atoms with Crippen molar-refractivity contribution in [1.82, 2.24) is 15.1 Å². The highest BCUT2D eigenvalue weighted by Crippen LogP contribution is 2.27. The molecule has 1 N–H and O–H groups in total. The summed E-state index contributed by atoms with van der Waals surface area (Å²) in [5.41, 5.74) is 2.10. The van der Waals surface area contributed by atoms with E-state index in [1.807, 2.05) is 0 Å². The molecule has 0 radical (unpaired) electrons. The lowest BCUT2D eigenvalue weighted by atomic mass is 9.83. The van der Waals surface area contributed by atoms with Crippen LogP contribution >= 0.6 is 0 Å². The van der Waals surface area contributed by atoms with Crippen LogP contribution in [-0.2, 0) is 11.3 Å². The van der Waals surface area contributed by atoms with Crippen molar-refractivity contribution in [2.75, 3.05) is 32.7 Å². The maximum absolute atomic E-state index is 12.4. The van der Waals surface area contributed by atoms with E-state index in [1.54, 1.807) is 0 Å². The molecule has 1 heterocycles. The number of carbonyl (C=O) groups excluding carboxylic acids is 1. The lowest BCUT2D eigenvalue weighted by molar-refractivity contribution is -0.124. The Labute approximate surface area is 157 Å². The average molecular weight is 354 g/mol. The van der Waals surface area contributed by atoms with E-state index >= 15 is 0 Å². The first-order valence-electron chi connectivity index (χ1n) is 9.82. The highest BCUT2D eigenvalue weighted by atomic mass is 16.2. The summed E-state index contributed by atoms with van der Waals surface area (Å²) in [6.07, 6.45) is 4.82. The van der Waals surface area contributed by atoms with Crippen LogP contribution in [0, 0.1) is 18.3 Å². The molecule has 3 rings (SSSR count). The third-order valence-corrected chi connectivity index (χ3v) is 5.79. The summed E-state index contributed by atoms with van der Waals surface area (Å²) >= 11 is 0. The van der Waals surface area contributed by atoms with Crippen molar-refractivity contribution in [2.45, 2.75) is 51.1 Å². The van der Waals surface area contributed by atoms with Gasteiger partial charge < -0.3 is 5.32 Å². The van der Waals surface area contributed by atoms with Gasteiger partial charge in [-0.25, -0.2) is 0 Å². The summed E-state index contributed by atoms with van der Waals surface area (Å²) in [4.78, 5) is 17.1. The van der Waals surface area contributed by atoms with Crippen LogP contribution < -0.4 is 5.32 Å². The zero-order valence-electron chi connectivity index (χ0n) is 15.8. The largest absolute Gasteiger partial charge is 0.337 e. The minimum atomic E-state index is -0.623. The second kappa shape index (κ2) is 8.66. The van der Waals surface area contributed by atoms with E-state index in [4.69, 9.17) is 0 Å². The van der Waals surface area contributed by atoms with Gasteiger partial charge in [0.15, 0.2) is 0 Å². The Morgan fingerprint density at radius 1 is 1.12 bits per heavy atom. The van der Waals surface area contributed by atoms with Gasteiger partial charge in [0, 0.05) is 32.7 Å². The molecule has 0 atom stereocenters. The Bertz CT molecular complexity index is 652. The van der Waals surface area contributed by atoms with Crippen molar-refractivity contribution >= 4 is 5.91 Å². The molecule has 5 nitrogen and oxygen atoms in total. The quantitative estimate of drug-likeness (QED) is 0.882. The van der Waals surface area contributed by atoms with Crippen molar-refractivity contribution < 1.29 is 4.79 Å². The Hall–Kier alpha value is -1.90. The van der Waals surface area contributed by atoms with Gasteiger partial charge in [0.25, 0.3) is 0 Å². The molecule has 5 heteroatoms. The second-order valence-corrected chi connectivity index (χ2v) is 7.78. The number of nitrogens with zero attached hydrogens (tertiary/aromatic N) is 3. The number of amides is 1. The fourth-order valence-corrected chi connectivity index (χ4v) is 4.06. The number of carbonyl (C=O) groups is 1. The zero-order valence-corrected chi connectivity index (χ0v) is 15.8. The summed E-state index contributed by atoms with van der Waals surface area (Å²) in [6.45, 7) is 7.30. The van der Waals surface area contributed by atoms with Crippen molar-refractivity contribution in [3.05, 3.63) is 35.4 Å². The molecule has 1 aromatic carbocycles. The lowest BCUT2D eigenvalue weighted by Crippen LogP contribution is -2.54. The second-order valence-electron chi connectivity index (χ2n) is 7.78. The fourth-order valence-electron chi connectivity index (χ4n) is 4.06. The summed E-state index contributed by atoms with van der Waals surface area (Å²) in [5, 5.41) is 12.5. The normalized spacial score (nSPS) is 21.1. The van der Waals surface area contributed by atoms with Crippen LogP contribution in [0.3, 0.4) is 0 Å². The van der Waals surface area contributed by atoms with E-state index in [0.717, 1.165) is 58.4 Å². The average Bonchev–Trinajstić information content (AvgIpc) is 2.66. The van der Waals surface area contributed by atoms with Crippen molar-refractivity contribution in [1.29, 1.82) is 5.26 Å². The monoisotopic (exact) mass is 354 g/mol. The number of aryl methyl sites for hydroxylation is 1. The number of piperazine rings is 1. The van der Waals surface area contributed by atoms with Gasteiger partial charge in [0.05, 0.1) is 12.6 Å². The van der Waals surface area contributed by atoms with Gasteiger partial charge in [-0.2, -0.15) is 5.26 Å². The van der Waals surface area contributed by atoms with Crippen LogP contribution in [0.5, 0.6) is 0 Å². The minimum absolute atomic E-state index is 0.000744. The van der Waals surface area contributed by atoms with Crippen LogP contribution in [0.2, 0.25) is 0 Å². The molecule has 0 aromatic heterocycles. The van der Waals surface area contributed by atoms with Crippen molar-refractivity contribution in [3.63, 3.8) is 0 Å². The van der Waals surface area contributed by atoms with E-state index in [2.05, 4.69) is 52.4 Å². The van der Waals surface area contributed by atoms with Crippen molar-refractivity contribution in [2.24, 2.45) is 0 Å². The highest BCUT2D eigenvalue weighted by Gasteiger charge is 2.34. The summed E-state index contributed by atoms with van der Waals surface area (Å²) < 4.78 is 0. The standard InChI is InChI=1S/C21H30N4O/c1-18-7-3-4-8-19(18)15-24-11-13-25(14-12-24)16-20(26)23-21(17-22)9-5-2-6-10-21/h3-4,7-8H,2,5-6,9-16H2,1H3,(H,23,26). The van der Waals surface area contributed by atoms with Crippen LogP contribution in [0.4, 0.5) is 0 Å². The molecular weight excluding hydrogens is 324 g/mol. The molecule has 0 spiro atoms. The molecule has 140 valence electrons. The van der Waals surface area contributed by atoms with Gasteiger partial charge in [-0.3, -0.25) is 14.6 Å². The van der Waals surface area contributed by atoms with Crippen LogP contribution in [0.1, 0.15) is 43.2 Å². The summed E-state index contributed by atoms with van der Waals surface area (Å²) in [6, 6.07) is 10.9. The summed E-state index contributed by atoms with van der Waals surface area (Å²) in [5.74, 6) is 0.000744. The fraction of sp³-hybridized carbons (Fsp3) is 0.619. The molecule has 1 aliphatic heterocycles. The number of benzene rings is 1. The number of nitrogens with one attached hydrogen (secondary N) is 1. The van der Waals surface area contributed by atoms with Gasteiger partial charge in [0.2, 0.25) is 5.91 Å². The number of rotatable bonds is 5. The molecule has 2 fully saturated rings.